The largest absolute Gasteiger partial charge is 0.364 e. The molecule has 0 atom stereocenters. The number of nitrogens with one attached hydrogen (secondary N) is 1. The van der Waals surface area contributed by atoms with Gasteiger partial charge < -0.3 is 15.1 Å². The van der Waals surface area contributed by atoms with E-state index in [-0.39, 0.29) is 12.5 Å². The van der Waals surface area contributed by atoms with Crippen LogP contribution in [0.15, 0.2) is 22.7 Å². The van der Waals surface area contributed by atoms with Crippen LogP contribution < -0.4 is 10.2 Å². The van der Waals surface area contributed by atoms with Gasteiger partial charge in [-0.1, -0.05) is 15.9 Å². The van der Waals surface area contributed by atoms with Crippen molar-refractivity contribution in [1.82, 2.24) is 10.2 Å². The molecule has 1 aromatic carbocycles. The molecule has 0 bridgehead atoms. The molecule has 1 N–H and O–H groups in total. The van der Waals surface area contributed by atoms with E-state index in [0.29, 0.717) is 5.56 Å². The van der Waals surface area contributed by atoms with Gasteiger partial charge in [0.05, 0.1) is 17.8 Å². The van der Waals surface area contributed by atoms with Crippen molar-refractivity contribution in [3.63, 3.8) is 0 Å². The fourth-order valence-electron chi connectivity index (χ4n) is 2.23. The van der Waals surface area contributed by atoms with E-state index in [1.165, 1.54) is 0 Å². The fraction of sp³-hybridized carbons (Fsp3) is 0.429. The van der Waals surface area contributed by atoms with Crippen LogP contribution in [0.5, 0.6) is 0 Å². The van der Waals surface area contributed by atoms with Crippen molar-refractivity contribution in [2.75, 3.05) is 44.7 Å². The van der Waals surface area contributed by atoms with Gasteiger partial charge in [-0.25, -0.2) is 0 Å². The summed E-state index contributed by atoms with van der Waals surface area (Å²) < 4.78 is 0.861. The maximum atomic E-state index is 12.2. The van der Waals surface area contributed by atoms with Crippen LogP contribution in [0.3, 0.4) is 0 Å². The molecule has 1 aliphatic heterocycles. The van der Waals surface area contributed by atoms with Crippen molar-refractivity contribution >= 4 is 27.5 Å². The predicted molar refractivity (Wildman–Crippen MR) is 81.6 cm³/mol. The Hall–Kier alpha value is -1.58. The molecule has 20 heavy (non-hydrogen) atoms. The second-order valence-electron chi connectivity index (χ2n) is 4.76. The maximum Gasteiger partial charge on any atom is 0.242 e. The topological polar surface area (TPSA) is 59.4 Å². The Morgan fingerprint density at radius 3 is 2.85 bits per heavy atom. The number of nitriles is 1. The molecule has 0 unspecified atom stereocenters. The Kier molecular flexibility index (Phi) is 4.99. The third-order valence-corrected chi connectivity index (χ3v) is 3.83. The van der Waals surface area contributed by atoms with Gasteiger partial charge in [0.25, 0.3) is 0 Å². The average Bonchev–Trinajstić information content (AvgIpc) is 2.47. The van der Waals surface area contributed by atoms with Crippen molar-refractivity contribution in [2.24, 2.45) is 0 Å². The van der Waals surface area contributed by atoms with Gasteiger partial charge in [0.2, 0.25) is 5.91 Å². The van der Waals surface area contributed by atoms with E-state index in [0.717, 1.165) is 36.3 Å². The van der Waals surface area contributed by atoms with Crippen molar-refractivity contribution in [1.29, 1.82) is 5.26 Å². The molecular formula is C14H17BrN4O. The number of carbonyl (C=O) groups excluding carboxylic acids is 1. The minimum absolute atomic E-state index is 0.0980. The van der Waals surface area contributed by atoms with Gasteiger partial charge in [0.1, 0.15) is 6.07 Å². The Bertz CT molecular complexity index is 534. The normalized spacial score (nSPS) is 14.8. The molecule has 1 saturated heterocycles. The first-order valence-electron chi connectivity index (χ1n) is 6.51. The van der Waals surface area contributed by atoms with Crippen LogP contribution >= 0.6 is 15.9 Å². The van der Waals surface area contributed by atoms with Crippen LogP contribution in [0, 0.1) is 11.3 Å². The van der Waals surface area contributed by atoms with E-state index in [9.17, 15) is 10.1 Å². The summed E-state index contributed by atoms with van der Waals surface area (Å²) in [4.78, 5) is 15.9. The SMILES string of the molecule is CN(CC(=O)N1CCNCC1)c1ccc(Br)cc1C#N. The lowest BCUT2D eigenvalue weighted by atomic mass is 10.2. The molecule has 1 fully saturated rings. The number of amides is 1. The van der Waals surface area contributed by atoms with Crippen molar-refractivity contribution in [3.05, 3.63) is 28.2 Å². The predicted octanol–water partition coefficient (Wildman–Crippen LogP) is 1.19. The zero-order valence-electron chi connectivity index (χ0n) is 11.4. The van der Waals surface area contributed by atoms with Crippen LogP contribution in [0.4, 0.5) is 5.69 Å². The van der Waals surface area contributed by atoms with Crippen LogP contribution in [0.2, 0.25) is 0 Å². The van der Waals surface area contributed by atoms with Crippen molar-refractivity contribution in [3.8, 4) is 6.07 Å². The number of rotatable bonds is 3. The zero-order valence-corrected chi connectivity index (χ0v) is 13.0. The Labute approximate surface area is 127 Å². The molecule has 0 radical (unpaired) electrons. The second-order valence-corrected chi connectivity index (χ2v) is 5.68. The van der Waals surface area contributed by atoms with E-state index >= 15 is 0 Å². The summed E-state index contributed by atoms with van der Waals surface area (Å²) in [6.07, 6.45) is 0. The molecule has 2 rings (SSSR count). The van der Waals surface area contributed by atoms with E-state index in [1.54, 1.807) is 6.07 Å². The standard InChI is InChI=1S/C14H17BrN4O/c1-18(10-14(20)19-6-4-17-5-7-19)13-3-2-12(15)8-11(13)9-16/h2-3,8,17H,4-7,10H2,1H3. The van der Waals surface area contributed by atoms with Gasteiger partial charge >= 0.3 is 0 Å². The Balaban J connectivity index is 2.06. The molecule has 0 aromatic heterocycles. The Morgan fingerprint density at radius 1 is 1.50 bits per heavy atom. The van der Waals surface area contributed by atoms with Crippen molar-refractivity contribution < 1.29 is 4.79 Å². The van der Waals surface area contributed by atoms with Gasteiger partial charge in [-0.2, -0.15) is 5.26 Å². The summed E-state index contributed by atoms with van der Waals surface area (Å²) in [6.45, 7) is 3.47. The highest BCUT2D eigenvalue weighted by Crippen LogP contribution is 2.23. The van der Waals surface area contributed by atoms with E-state index < -0.39 is 0 Å². The van der Waals surface area contributed by atoms with Gasteiger partial charge in [0, 0.05) is 37.7 Å². The summed E-state index contributed by atoms with van der Waals surface area (Å²) in [5.41, 5.74) is 1.34. The first-order valence-corrected chi connectivity index (χ1v) is 7.30. The van der Waals surface area contributed by atoms with Crippen LogP contribution in [-0.4, -0.2) is 50.6 Å². The number of nitrogens with zero attached hydrogens (tertiary/aromatic N) is 3. The lowest BCUT2D eigenvalue weighted by molar-refractivity contribution is -0.130. The highest BCUT2D eigenvalue weighted by molar-refractivity contribution is 9.10. The average molecular weight is 337 g/mol. The van der Waals surface area contributed by atoms with E-state index in [4.69, 9.17) is 0 Å². The molecule has 0 spiro atoms. The number of piperazine rings is 1. The molecule has 5 nitrogen and oxygen atoms in total. The number of likely N-dealkylation sites (N-methyl/N-ethyl adjacent to an activating group) is 1. The lowest BCUT2D eigenvalue weighted by Gasteiger charge is -2.30. The fourth-order valence-corrected chi connectivity index (χ4v) is 2.59. The monoisotopic (exact) mass is 336 g/mol. The molecule has 1 amide bonds. The summed E-state index contributed by atoms with van der Waals surface area (Å²) in [5.74, 6) is 0.0980. The second kappa shape index (κ2) is 6.73. The highest BCUT2D eigenvalue weighted by Gasteiger charge is 2.18. The first-order chi connectivity index (χ1) is 9.61. The van der Waals surface area contributed by atoms with E-state index in [2.05, 4.69) is 27.3 Å². The number of halogens is 1. The third-order valence-electron chi connectivity index (χ3n) is 3.33. The van der Waals surface area contributed by atoms with Crippen LogP contribution in [0.1, 0.15) is 5.56 Å². The van der Waals surface area contributed by atoms with E-state index in [1.807, 2.05) is 29.0 Å². The summed E-state index contributed by atoms with van der Waals surface area (Å²) in [7, 11) is 1.84. The van der Waals surface area contributed by atoms with Gasteiger partial charge in [0.15, 0.2) is 0 Å². The summed E-state index contributed by atoms with van der Waals surface area (Å²) in [5, 5.41) is 12.4. The smallest absolute Gasteiger partial charge is 0.242 e. The Morgan fingerprint density at radius 2 is 2.20 bits per heavy atom. The molecule has 1 aromatic rings. The van der Waals surface area contributed by atoms with Gasteiger partial charge in [-0.05, 0) is 18.2 Å². The summed E-state index contributed by atoms with van der Waals surface area (Å²) >= 11 is 3.35. The number of hydrogen-bond donors (Lipinski definition) is 1. The molecule has 1 aliphatic rings. The molecule has 0 saturated carbocycles. The minimum atomic E-state index is 0.0980. The van der Waals surface area contributed by atoms with Gasteiger partial charge in [-0.3, -0.25) is 4.79 Å². The molecule has 106 valence electrons. The third kappa shape index (κ3) is 3.50. The number of carbonyl (C=O) groups is 1. The molecule has 0 aliphatic carbocycles. The van der Waals surface area contributed by atoms with Gasteiger partial charge in [-0.15, -0.1) is 0 Å². The summed E-state index contributed by atoms with van der Waals surface area (Å²) in [6, 6.07) is 7.66. The number of benzene rings is 1. The molecule has 1 heterocycles. The minimum Gasteiger partial charge on any atom is -0.364 e. The molecular weight excluding hydrogens is 320 g/mol. The number of hydrogen-bond acceptors (Lipinski definition) is 4. The highest BCUT2D eigenvalue weighted by atomic mass is 79.9. The van der Waals surface area contributed by atoms with Crippen LogP contribution in [0.25, 0.3) is 0 Å². The quantitative estimate of drug-likeness (QED) is 0.900. The van der Waals surface area contributed by atoms with Crippen LogP contribution in [-0.2, 0) is 4.79 Å². The maximum absolute atomic E-state index is 12.2. The zero-order chi connectivity index (χ0) is 14.5. The molecule has 6 heteroatoms. The number of anilines is 1. The van der Waals surface area contributed by atoms with Crippen molar-refractivity contribution in [2.45, 2.75) is 0 Å². The first kappa shape index (κ1) is 14.8. The lowest BCUT2D eigenvalue weighted by Crippen LogP contribution is -2.49.